The first-order valence-corrected chi connectivity index (χ1v) is 11.8. The molecule has 0 aliphatic heterocycles. The number of ketones is 1. The second kappa shape index (κ2) is 7.91. The fraction of sp³-hybridized carbons (Fsp3) is 0.194. The summed E-state index contributed by atoms with van der Waals surface area (Å²) in [6.07, 6.45) is 0. The van der Waals surface area contributed by atoms with Crippen molar-refractivity contribution in [2.24, 2.45) is 5.92 Å². The van der Waals surface area contributed by atoms with Crippen molar-refractivity contribution in [1.82, 2.24) is 0 Å². The van der Waals surface area contributed by atoms with Crippen LogP contribution in [-0.2, 0) is 11.2 Å². The topological polar surface area (TPSA) is 66.8 Å². The molecule has 35 heavy (non-hydrogen) atoms. The van der Waals surface area contributed by atoms with Crippen LogP contribution in [0.25, 0.3) is 0 Å². The summed E-state index contributed by atoms with van der Waals surface area (Å²) in [6, 6.07) is 33.8. The van der Waals surface area contributed by atoms with Crippen molar-refractivity contribution in [1.29, 1.82) is 0 Å². The number of carbonyl (C=O) groups excluding carboxylic acids is 1. The molecule has 0 heterocycles. The number of ether oxygens (including phenoxy) is 1. The van der Waals surface area contributed by atoms with Gasteiger partial charge in [-0.05, 0) is 34.4 Å². The van der Waals surface area contributed by atoms with Crippen molar-refractivity contribution >= 4 is 5.78 Å². The second-order valence-corrected chi connectivity index (χ2v) is 9.47. The van der Waals surface area contributed by atoms with E-state index in [1.807, 2.05) is 91.0 Å². The Morgan fingerprint density at radius 3 is 1.91 bits per heavy atom. The van der Waals surface area contributed by atoms with Crippen molar-refractivity contribution < 1.29 is 19.7 Å². The van der Waals surface area contributed by atoms with Gasteiger partial charge in [-0.2, -0.15) is 0 Å². The smallest absolute Gasteiger partial charge is 0.170 e. The summed E-state index contributed by atoms with van der Waals surface area (Å²) < 4.78 is 5.37. The van der Waals surface area contributed by atoms with Gasteiger partial charge in [-0.3, -0.25) is 4.79 Å². The standard InChI is InChI=1S/C31H26O4/c1-35-23-18-16-20(17-19-23)26-27(21-10-4-2-5-11-21)30(33,22-12-6-3-7-13-22)31(34)25-15-9-8-14-24(25)29(32)28(26)31/h2-19,26-28,33-34H,1H3/t26-,27-,28-,30+,31+/m0/s1. The average molecular weight is 463 g/mol. The van der Waals surface area contributed by atoms with Gasteiger partial charge in [0.25, 0.3) is 0 Å². The molecule has 0 bridgehead atoms. The van der Waals surface area contributed by atoms with Gasteiger partial charge in [0.2, 0.25) is 0 Å². The molecule has 0 radical (unpaired) electrons. The summed E-state index contributed by atoms with van der Waals surface area (Å²) in [7, 11) is 1.61. The van der Waals surface area contributed by atoms with Crippen LogP contribution in [0.2, 0.25) is 0 Å². The van der Waals surface area contributed by atoms with E-state index in [0.29, 0.717) is 22.4 Å². The van der Waals surface area contributed by atoms with Crippen LogP contribution in [0.5, 0.6) is 5.75 Å². The zero-order valence-corrected chi connectivity index (χ0v) is 19.3. The highest BCUT2D eigenvalue weighted by molar-refractivity contribution is 6.05. The summed E-state index contributed by atoms with van der Waals surface area (Å²) in [5, 5.41) is 25.6. The molecular weight excluding hydrogens is 436 g/mol. The summed E-state index contributed by atoms with van der Waals surface area (Å²) >= 11 is 0. The molecule has 4 nitrogen and oxygen atoms in total. The predicted octanol–water partition coefficient (Wildman–Crippen LogP) is 5.16. The first-order valence-electron chi connectivity index (χ1n) is 11.8. The molecule has 4 heteroatoms. The molecule has 2 N–H and O–H groups in total. The van der Waals surface area contributed by atoms with Crippen LogP contribution in [0.3, 0.4) is 0 Å². The third-order valence-corrected chi connectivity index (χ3v) is 7.96. The van der Waals surface area contributed by atoms with E-state index in [1.54, 1.807) is 25.3 Å². The van der Waals surface area contributed by atoms with Crippen molar-refractivity contribution in [3.63, 3.8) is 0 Å². The third-order valence-electron chi connectivity index (χ3n) is 7.96. The molecule has 0 spiro atoms. The van der Waals surface area contributed by atoms with Crippen LogP contribution < -0.4 is 4.74 Å². The number of hydrogen-bond donors (Lipinski definition) is 2. The fourth-order valence-electron chi connectivity index (χ4n) is 6.52. The molecule has 0 amide bonds. The summed E-state index contributed by atoms with van der Waals surface area (Å²) in [6.45, 7) is 0. The molecule has 5 atom stereocenters. The number of aliphatic hydroxyl groups is 2. The molecule has 2 aliphatic carbocycles. The van der Waals surface area contributed by atoms with Gasteiger partial charge in [-0.15, -0.1) is 0 Å². The van der Waals surface area contributed by atoms with Gasteiger partial charge >= 0.3 is 0 Å². The Morgan fingerprint density at radius 1 is 0.657 bits per heavy atom. The maximum Gasteiger partial charge on any atom is 0.170 e. The van der Waals surface area contributed by atoms with E-state index >= 15 is 0 Å². The number of benzene rings is 4. The third kappa shape index (κ3) is 2.84. The summed E-state index contributed by atoms with van der Waals surface area (Å²) in [4.78, 5) is 14.0. The second-order valence-electron chi connectivity index (χ2n) is 9.47. The molecule has 1 saturated carbocycles. The van der Waals surface area contributed by atoms with Gasteiger partial charge in [0.15, 0.2) is 5.78 Å². The van der Waals surface area contributed by atoms with E-state index in [1.165, 1.54) is 0 Å². The van der Waals surface area contributed by atoms with Gasteiger partial charge in [-0.1, -0.05) is 97.1 Å². The Bertz CT molecular complexity index is 1380. The van der Waals surface area contributed by atoms with Crippen molar-refractivity contribution in [2.75, 3.05) is 7.11 Å². The molecule has 4 aromatic carbocycles. The van der Waals surface area contributed by atoms with Crippen LogP contribution in [0.4, 0.5) is 0 Å². The zero-order valence-electron chi connectivity index (χ0n) is 19.3. The van der Waals surface area contributed by atoms with E-state index in [2.05, 4.69) is 0 Å². The fourth-order valence-corrected chi connectivity index (χ4v) is 6.52. The molecule has 1 fully saturated rings. The molecule has 0 saturated heterocycles. The van der Waals surface area contributed by atoms with Crippen molar-refractivity contribution in [3.05, 3.63) is 137 Å². The van der Waals surface area contributed by atoms with Gasteiger partial charge < -0.3 is 14.9 Å². The highest BCUT2D eigenvalue weighted by Crippen LogP contribution is 2.70. The lowest BCUT2D eigenvalue weighted by atomic mass is 9.69. The van der Waals surface area contributed by atoms with E-state index in [-0.39, 0.29) is 5.78 Å². The number of rotatable bonds is 4. The Balaban J connectivity index is 1.70. The first-order chi connectivity index (χ1) is 17.0. The maximum absolute atomic E-state index is 14.0. The first kappa shape index (κ1) is 21.8. The largest absolute Gasteiger partial charge is 0.497 e. The number of methoxy groups -OCH3 is 1. The number of carbonyl (C=O) groups is 1. The molecule has 174 valence electrons. The molecule has 2 aliphatic rings. The Kier molecular flexibility index (Phi) is 4.92. The van der Waals surface area contributed by atoms with E-state index in [9.17, 15) is 15.0 Å². The quantitative estimate of drug-likeness (QED) is 0.439. The van der Waals surface area contributed by atoms with E-state index in [4.69, 9.17) is 4.74 Å². The van der Waals surface area contributed by atoms with Crippen LogP contribution in [-0.4, -0.2) is 23.1 Å². The monoisotopic (exact) mass is 462 g/mol. The molecular formula is C31H26O4. The lowest BCUT2D eigenvalue weighted by molar-refractivity contribution is -0.159. The van der Waals surface area contributed by atoms with Crippen LogP contribution >= 0.6 is 0 Å². The number of hydrogen-bond acceptors (Lipinski definition) is 4. The van der Waals surface area contributed by atoms with Gasteiger partial charge in [0.1, 0.15) is 17.0 Å². The summed E-state index contributed by atoms with van der Waals surface area (Å²) in [5.41, 5.74) is -0.288. The molecule has 4 aromatic rings. The van der Waals surface area contributed by atoms with Crippen molar-refractivity contribution in [2.45, 2.75) is 23.0 Å². The van der Waals surface area contributed by atoms with Crippen LogP contribution in [0, 0.1) is 5.92 Å². The maximum atomic E-state index is 14.0. The van der Waals surface area contributed by atoms with Gasteiger partial charge in [-0.25, -0.2) is 0 Å². The van der Waals surface area contributed by atoms with Crippen molar-refractivity contribution in [3.8, 4) is 5.75 Å². The van der Waals surface area contributed by atoms with Gasteiger partial charge in [0, 0.05) is 17.4 Å². The highest BCUT2D eigenvalue weighted by atomic mass is 16.5. The number of Topliss-reactive ketones (excluding diaryl/α,β-unsaturated/α-hetero) is 1. The van der Waals surface area contributed by atoms with Crippen LogP contribution in [0.1, 0.15) is 44.4 Å². The van der Waals surface area contributed by atoms with E-state index in [0.717, 1.165) is 11.1 Å². The van der Waals surface area contributed by atoms with Crippen LogP contribution in [0.15, 0.2) is 109 Å². The molecule has 6 rings (SSSR count). The Hall–Kier alpha value is -3.73. The predicted molar refractivity (Wildman–Crippen MR) is 133 cm³/mol. The average Bonchev–Trinajstić information content (AvgIpc) is 3.28. The SMILES string of the molecule is COc1ccc([C@@H]2[C@H]3C(=O)c4ccccc4[C@]3(O)[C@@](O)(c3ccccc3)[C@H]2c2ccccc2)cc1. The van der Waals surface area contributed by atoms with E-state index < -0.39 is 29.0 Å². The minimum atomic E-state index is -1.81. The minimum Gasteiger partial charge on any atom is -0.497 e. The summed E-state index contributed by atoms with van der Waals surface area (Å²) in [5.74, 6) is -1.34. The highest BCUT2D eigenvalue weighted by Gasteiger charge is 2.75. The lowest BCUT2D eigenvalue weighted by Crippen LogP contribution is -2.49. The minimum absolute atomic E-state index is 0.142. The lowest BCUT2D eigenvalue weighted by Gasteiger charge is -2.42. The molecule has 0 unspecified atom stereocenters. The zero-order chi connectivity index (χ0) is 24.2. The normalized spacial score (nSPS) is 29.0. The number of fused-ring (bicyclic) bond motifs is 3. The Labute approximate surface area is 204 Å². The molecule has 0 aromatic heterocycles. The van der Waals surface area contributed by atoms with Gasteiger partial charge in [0.05, 0.1) is 13.0 Å². The Morgan fingerprint density at radius 2 is 1.26 bits per heavy atom.